The van der Waals surface area contributed by atoms with Crippen LogP contribution in [-0.2, 0) is 4.79 Å². The molecule has 0 aliphatic heterocycles. The first-order valence-electron chi connectivity index (χ1n) is 4.69. The van der Waals surface area contributed by atoms with Gasteiger partial charge in [0.15, 0.2) is 0 Å². The second-order valence-corrected chi connectivity index (χ2v) is 3.73. The first-order chi connectivity index (χ1) is 5.72. The summed E-state index contributed by atoms with van der Waals surface area (Å²) in [6.45, 7) is 3.13. The van der Waals surface area contributed by atoms with E-state index in [1.165, 1.54) is 25.7 Å². The second-order valence-electron chi connectivity index (χ2n) is 3.73. The van der Waals surface area contributed by atoms with Crippen molar-refractivity contribution in [3.8, 4) is 0 Å². The van der Waals surface area contributed by atoms with Gasteiger partial charge in [-0.3, -0.25) is 4.79 Å². The number of nitrogens with one attached hydrogen (secondary N) is 1. The van der Waals surface area contributed by atoms with Crippen LogP contribution >= 0.6 is 0 Å². The maximum atomic E-state index is 10.9. The van der Waals surface area contributed by atoms with Gasteiger partial charge in [-0.15, -0.1) is 0 Å². The number of hydrogen-bond donors (Lipinski definition) is 2. The van der Waals surface area contributed by atoms with Gasteiger partial charge in [-0.2, -0.15) is 0 Å². The molecule has 1 aliphatic rings. The van der Waals surface area contributed by atoms with Gasteiger partial charge in [-0.05, 0) is 24.7 Å². The van der Waals surface area contributed by atoms with Crippen LogP contribution in [0.5, 0.6) is 0 Å². The van der Waals surface area contributed by atoms with Crippen molar-refractivity contribution in [2.45, 2.75) is 32.6 Å². The highest BCUT2D eigenvalue weighted by Crippen LogP contribution is 2.48. The molecule has 0 bridgehead atoms. The number of rotatable bonds is 5. The molecule has 0 radical (unpaired) electrons. The Morgan fingerprint density at radius 2 is 2.25 bits per heavy atom. The van der Waals surface area contributed by atoms with E-state index in [1.54, 1.807) is 0 Å². The maximum absolute atomic E-state index is 10.9. The van der Waals surface area contributed by atoms with Crippen LogP contribution in [0.3, 0.4) is 0 Å². The normalized spacial score (nSPS) is 18.8. The summed E-state index contributed by atoms with van der Waals surface area (Å²) in [5.41, 5.74) is 5.63. The lowest BCUT2D eigenvalue weighted by atomic mass is 10.0. The zero-order chi connectivity index (χ0) is 9.03. The van der Waals surface area contributed by atoms with Crippen molar-refractivity contribution in [1.82, 2.24) is 5.32 Å². The summed E-state index contributed by atoms with van der Waals surface area (Å²) in [4.78, 5) is 10.9. The standard InChI is InChI=1S/C9H18N2O/c1-2-3-9(4-5-9)7-11-8(12)6-10/h2-7,10H2,1H3,(H,11,12). The van der Waals surface area contributed by atoms with Crippen LogP contribution in [0.15, 0.2) is 0 Å². The van der Waals surface area contributed by atoms with Gasteiger partial charge in [0.25, 0.3) is 0 Å². The van der Waals surface area contributed by atoms with E-state index < -0.39 is 0 Å². The van der Waals surface area contributed by atoms with E-state index in [4.69, 9.17) is 5.73 Å². The topological polar surface area (TPSA) is 55.1 Å². The fraction of sp³-hybridized carbons (Fsp3) is 0.889. The van der Waals surface area contributed by atoms with Crippen molar-refractivity contribution in [3.05, 3.63) is 0 Å². The average Bonchev–Trinajstić information content (AvgIpc) is 2.82. The molecule has 12 heavy (non-hydrogen) atoms. The van der Waals surface area contributed by atoms with E-state index in [2.05, 4.69) is 12.2 Å². The highest BCUT2D eigenvalue weighted by Gasteiger charge is 2.41. The lowest BCUT2D eigenvalue weighted by Gasteiger charge is -2.13. The summed E-state index contributed by atoms with van der Waals surface area (Å²) in [5.74, 6) is -0.0302. The summed E-state index contributed by atoms with van der Waals surface area (Å²) in [5, 5.41) is 2.86. The third-order valence-electron chi connectivity index (χ3n) is 2.58. The van der Waals surface area contributed by atoms with Crippen molar-refractivity contribution < 1.29 is 4.79 Å². The Kier molecular flexibility index (Phi) is 3.09. The van der Waals surface area contributed by atoms with Gasteiger partial charge < -0.3 is 11.1 Å². The molecule has 1 rings (SSSR count). The van der Waals surface area contributed by atoms with Crippen LogP contribution in [0.2, 0.25) is 0 Å². The predicted molar refractivity (Wildman–Crippen MR) is 48.6 cm³/mol. The molecule has 0 aromatic heterocycles. The third kappa shape index (κ3) is 2.48. The number of carbonyl (C=O) groups is 1. The second kappa shape index (κ2) is 3.90. The highest BCUT2D eigenvalue weighted by molar-refractivity contribution is 5.77. The third-order valence-corrected chi connectivity index (χ3v) is 2.58. The molecule has 0 atom stereocenters. The van der Waals surface area contributed by atoms with Gasteiger partial charge in [0.05, 0.1) is 6.54 Å². The van der Waals surface area contributed by atoms with Gasteiger partial charge in [0.2, 0.25) is 5.91 Å². The molecule has 3 nitrogen and oxygen atoms in total. The molecule has 1 amide bonds. The Balaban J connectivity index is 2.17. The van der Waals surface area contributed by atoms with Gasteiger partial charge >= 0.3 is 0 Å². The summed E-state index contributed by atoms with van der Waals surface area (Å²) in [7, 11) is 0. The quantitative estimate of drug-likeness (QED) is 0.636. The highest BCUT2D eigenvalue weighted by atomic mass is 16.1. The fourth-order valence-electron chi connectivity index (χ4n) is 1.58. The molecule has 3 heteroatoms. The molecule has 0 aromatic rings. The zero-order valence-electron chi connectivity index (χ0n) is 7.73. The summed E-state index contributed by atoms with van der Waals surface area (Å²) in [6.07, 6.45) is 4.98. The minimum atomic E-state index is -0.0302. The Morgan fingerprint density at radius 3 is 2.67 bits per heavy atom. The van der Waals surface area contributed by atoms with Crippen LogP contribution in [-0.4, -0.2) is 19.0 Å². The van der Waals surface area contributed by atoms with Gasteiger partial charge in [0.1, 0.15) is 0 Å². The van der Waals surface area contributed by atoms with Crippen LogP contribution in [0.25, 0.3) is 0 Å². The Bertz CT molecular complexity index is 164. The largest absolute Gasteiger partial charge is 0.354 e. The van der Waals surface area contributed by atoms with Gasteiger partial charge in [-0.1, -0.05) is 13.3 Å². The van der Waals surface area contributed by atoms with Crippen LogP contribution in [0.1, 0.15) is 32.6 Å². The SMILES string of the molecule is CCCC1(CNC(=O)CN)CC1. The van der Waals surface area contributed by atoms with E-state index in [0.717, 1.165) is 6.54 Å². The summed E-state index contributed by atoms with van der Waals surface area (Å²) in [6, 6.07) is 0. The van der Waals surface area contributed by atoms with Crippen LogP contribution in [0.4, 0.5) is 0 Å². The first-order valence-corrected chi connectivity index (χ1v) is 4.69. The molecule has 0 saturated heterocycles. The number of hydrogen-bond acceptors (Lipinski definition) is 2. The number of amides is 1. The van der Waals surface area contributed by atoms with Gasteiger partial charge in [-0.25, -0.2) is 0 Å². The molecule has 0 spiro atoms. The average molecular weight is 170 g/mol. The molecule has 0 aromatic carbocycles. The molecule has 0 unspecified atom stereocenters. The summed E-state index contributed by atoms with van der Waals surface area (Å²) < 4.78 is 0. The minimum Gasteiger partial charge on any atom is -0.354 e. The number of nitrogens with two attached hydrogens (primary N) is 1. The molecular weight excluding hydrogens is 152 g/mol. The molecule has 0 heterocycles. The molecule has 70 valence electrons. The minimum absolute atomic E-state index is 0.0302. The van der Waals surface area contributed by atoms with Crippen molar-refractivity contribution >= 4 is 5.91 Å². The maximum Gasteiger partial charge on any atom is 0.233 e. The fourth-order valence-corrected chi connectivity index (χ4v) is 1.58. The molecular formula is C9H18N2O. The lowest BCUT2D eigenvalue weighted by Crippen LogP contribution is -2.34. The lowest BCUT2D eigenvalue weighted by molar-refractivity contribution is -0.120. The van der Waals surface area contributed by atoms with Crippen molar-refractivity contribution in [1.29, 1.82) is 0 Å². The smallest absolute Gasteiger partial charge is 0.233 e. The van der Waals surface area contributed by atoms with Crippen molar-refractivity contribution in [3.63, 3.8) is 0 Å². The van der Waals surface area contributed by atoms with Crippen molar-refractivity contribution in [2.75, 3.05) is 13.1 Å². The monoisotopic (exact) mass is 170 g/mol. The molecule has 3 N–H and O–H groups in total. The Morgan fingerprint density at radius 1 is 1.58 bits per heavy atom. The van der Waals surface area contributed by atoms with Crippen LogP contribution in [0, 0.1) is 5.41 Å². The van der Waals surface area contributed by atoms with Crippen LogP contribution < -0.4 is 11.1 Å². The summed E-state index contributed by atoms with van der Waals surface area (Å²) >= 11 is 0. The van der Waals surface area contributed by atoms with E-state index in [0.29, 0.717) is 5.41 Å². The van der Waals surface area contributed by atoms with Crippen molar-refractivity contribution in [2.24, 2.45) is 11.1 Å². The van der Waals surface area contributed by atoms with E-state index in [-0.39, 0.29) is 12.5 Å². The van der Waals surface area contributed by atoms with E-state index in [1.807, 2.05) is 0 Å². The zero-order valence-corrected chi connectivity index (χ0v) is 7.73. The number of carbonyl (C=O) groups excluding carboxylic acids is 1. The first kappa shape index (κ1) is 9.52. The Hall–Kier alpha value is -0.570. The molecule has 1 fully saturated rings. The molecule has 1 aliphatic carbocycles. The van der Waals surface area contributed by atoms with Gasteiger partial charge in [0, 0.05) is 6.54 Å². The van der Waals surface area contributed by atoms with E-state index >= 15 is 0 Å². The molecule has 1 saturated carbocycles. The predicted octanol–water partition coefficient (Wildman–Crippen LogP) is 0.642. The Labute approximate surface area is 73.7 Å². The van der Waals surface area contributed by atoms with E-state index in [9.17, 15) is 4.79 Å².